The molecule has 0 fully saturated rings. The maximum absolute atomic E-state index is 10.0. The first-order valence-corrected chi connectivity index (χ1v) is 6.61. The second kappa shape index (κ2) is 4.34. The maximum atomic E-state index is 10.0. The molecule has 1 aromatic heterocycles. The number of aromatic nitrogens is 3. The van der Waals surface area contributed by atoms with Crippen molar-refractivity contribution in [2.45, 2.75) is 26.2 Å². The van der Waals surface area contributed by atoms with Crippen LogP contribution in [0, 0.1) is 0 Å². The van der Waals surface area contributed by atoms with E-state index in [0.717, 1.165) is 22.3 Å². The molecule has 0 amide bonds. The van der Waals surface area contributed by atoms with Gasteiger partial charge in [0.15, 0.2) is 0 Å². The van der Waals surface area contributed by atoms with Gasteiger partial charge >= 0.3 is 0 Å². The van der Waals surface area contributed by atoms with Crippen LogP contribution in [0.25, 0.3) is 16.7 Å². The van der Waals surface area contributed by atoms with Gasteiger partial charge in [-0.1, -0.05) is 32.9 Å². The first-order valence-electron chi connectivity index (χ1n) is 6.61. The van der Waals surface area contributed by atoms with Crippen LogP contribution in [0.2, 0.25) is 0 Å². The van der Waals surface area contributed by atoms with Crippen LogP contribution in [0.3, 0.4) is 0 Å². The van der Waals surface area contributed by atoms with E-state index in [0.29, 0.717) is 5.75 Å². The van der Waals surface area contributed by atoms with Crippen molar-refractivity contribution >= 4 is 11.0 Å². The third kappa shape index (κ3) is 2.13. The Hall–Kier alpha value is -2.36. The summed E-state index contributed by atoms with van der Waals surface area (Å²) in [7, 11) is 0. The Kier molecular flexibility index (Phi) is 2.74. The minimum absolute atomic E-state index is 0.132. The van der Waals surface area contributed by atoms with Gasteiger partial charge in [-0.2, -0.15) is 4.80 Å². The summed E-state index contributed by atoms with van der Waals surface area (Å²) in [6.45, 7) is 6.20. The predicted molar refractivity (Wildman–Crippen MR) is 79.2 cm³/mol. The van der Waals surface area contributed by atoms with Crippen LogP contribution in [-0.4, -0.2) is 20.1 Å². The van der Waals surface area contributed by atoms with Crippen LogP contribution >= 0.6 is 0 Å². The average molecular weight is 267 g/mol. The van der Waals surface area contributed by atoms with Crippen molar-refractivity contribution in [1.29, 1.82) is 0 Å². The molecule has 0 aliphatic carbocycles. The smallest absolute Gasteiger partial charge is 0.119 e. The standard InChI is InChI=1S/C16H17N3O/c1-16(2,3)12-10-11(8-9-15(12)20)19-17-13-6-4-5-7-14(13)18-19/h4-10,20H,1-3H3. The molecule has 0 spiro atoms. The Labute approximate surface area is 117 Å². The number of fused-ring (bicyclic) bond motifs is 1. The molecule has 102 valence electrons. The number of rotatable bonds is 1. The fourth-order valence-corrected chi connectivity index (χ4v) is 2.22. The van der Waals surface area contributed by atoms with E-state index in [-0.39, 0.29) is 5.41 Å². The molecule has 3 aromatic rings. The quantitative estimate of drug-likeness (QED) is 0.735. The Bertz CT molecular complexity index is 736. The highest BCUT2D eigenvalue weighted by atomic mass is 16.3. The molecule has 2 aromatic carbocycles. The zero-order valence-electron chi connectivity index (χ0n) is 11.8. The second-order valence-corrected chi connectivity index (χ2v) is 5.93. The second-order valence-electron chi connectivity index (χ2n) is 5.93. The van der Waals surface area contributed by atoms with Gasteiger partial charge in [0.2, 0.25) is 0 Å². The van der Waals surface area contributed by atoms with E-state index in [2.05, 4.69) is 31.0 Å². The normalized spacial score (nSPS) is 11.9. The Balaban J connectivity index is 2.14. The third-order valence-electron chi connectivity index (χ3n) is 3.31. The molecule has 0 aliphatic rings. The highest BCUT2D eigenvalue weighted by Crippen LogP contribution is 2.32. The van der Waals surface area contributed by atoms with Crippen molar-refractivity contribution in [3.05, 3.63) is 48.0 Å². The van der Waals surface area contributed by atoms with E-state index in [1.54, 1.807) is 10.9 Å². The molecule has 0 unspecified atom stereocenters. The van der Waals surface area contributed by atoms with Gasteiger partial charge in [0.25, 0.3) is 0 Å². The molecule has 1 N–H and O–H groups in total. The summed E-state index contributed by atoms with van der Waals surface area (Å²) in [5.41, 5.74) is 3.32. The fourth-order valence-electron chi connectivity index (χ4n) is 2.22. The number of benzene rings is 2. The summed E-state index contributed by atoms with van der Waals surface area (Å²) in [5.74, 6) is 0.304. The Morgan fingerprint density at radius 3 is 2.10 bits per heavy atom. The van der Waals surface area contributed by atoms with Crippen LogP contribution in [-0.2, 0) is 5.41 Å². The molecule has 0 atom stereocenters. The van der Waals surface area contributed by atoms with Crippen molar-refractivity contribution in [1.82, 2.24) is 15.0 Å². The van der Waals surface area contributed by atoms with Gasteiger partial charge in [0.1, 0.15) is 16.8 Å². The zero-order valence-corrected chi connectivity index (χ0v) is 11.8. The summed E-state index contributed by atoms with van der Waals surface area (Å²) in [5, 5.41) is 18.9. The van der Waals surface area contributed by atoms with Crippen molar-refractivity contribution in [2.24, 2.45) is 0 Å². The summed E-state index contributed by atoms with van der Waals surface area (Å²) in [6, 6.07) is 13.2. The monoisotopic (exact) mass is 267 g/mol. The molecule has 4 heteroatoms. The van der Waals surface area contributed by atoms with Crippen molar-refractivity contribution < 1.29 is 5.11 Å². The molecular weight excluding hydrogens is 250 g/mol. The molecule has 20 heavy (non-hydrogen) atoms. The minimum atomic E-state index is -0.132. The Morgan fingerprint density at radius 2 is 1.55 bits per heavy atom. The third-order valence-corrected chi connectivity index (χ3v) is 3.31. The van der Waals surface area contributed by atoms with Gasteiger partial charge in [-0.3, -0.25) is 0 Å². The number of aromatic hydroxyl groups is 1. The van der Waals surface area contributed by atoms with Crippen molar-refractivity contribution in [3.63, 3.8) is 0 Å². The van der Waals surface area contributed by atoms with E-state index in [1.807, 2.05) is 36.4 Å². The molecule has 0 saturated heterocycles. The van der Waals surface area contributed by atoms with Crippen molar-refractivity contribution in [3.8, 4) is 11.4 Å². The van der Waals surface area contributed by atoms with Crippen molar-refractivity contribution in [2.75, 3.05) is 0 Å². The van der Waals surface area contributed by atoms with E-state index >= 15 is 0 Å². The van der Waals surface area contributed by atoms with E-state index < -0.39 is 0 Å². The topological polar surface area (TPSA) is 50.9 Å². The number of phenolic OH excluding ortho intramolecular Hbond substituents is 1. The molecule has 0 saturated carbocycles. The van der Waals surface area contributed by atoms with Crippen LogP contribution in [0.1, 0.15) is 26.3 Å². The molecular formula is C16H17N3O. The first-order chi connectivity index (χ1) is 9.45. The lowest BCUT2D eigenvalue weighted by Crippen LogP contribution is -2.12. The Morgan fingerprint density at radius 1 is 0.950 bits per heavy atom. The lowest BCUT2D eigenvalue weighted by molar-refractivity contribution is 0.446. The van der Waals surface area contributed by atoms with Crippen LogP contribution in [0.15, 0.2) is 42.5 Å². The van der Waals surface area contributed by atoms with Gasteiger partial charge < -0.3 is 5.11 Å². The summed E-state index contributed by atoms with van der Waals surface area (Å²) in [4.78, 5) is 1.61. The largest absolute Gasteiger partial charge is 0.508 e. The van der Waals surface area contributed by atoms with E-state index in [4.69, 9.17) is 0 Å². The first kappa shape index (κ1) is 12.7. The van der Waals surface area contributed by atoms with Crippen LogP contribution < -0.4 is 0 Å². The number of hydrogen-bond donors (Lipinski definition) is 1. The lowest BCUT2D eigenvalue weighted by atomic mass is 9.86. The molecule has 0 bridgehead atoms. The average Bonchev–Trinajstić information content (AvgIpc) is 2.81. The zero-order chi connectivity index (χ0) is 14.3. The maximum Gasteiger partial charge on any atom is 0.119 e. The van der Waals surface area contributed by atoms with Gasteiger partial charge in [0, 0.05) is 5.56 Å². The van der Waals surface area contributed by atoms with Crippen LogP contribution in [0.4, 0.5) is 0 Å². The van der Waals surface area contributed by atoms with E-state index in [9.17, 15) is 5.11 Å². The number of phenols is 1. The molecule has 4 nitrogen and oxygen atoms in total. The highest BCUT2D eigenvalue weighted by Gasteiger charge is 2.19. The highest BCUT2D eigenvalue weighted by molar-refractivity contribution is 5.73. The number of nitrogens with zero attached hydrogens (tertiary/aromatic N) is 3. The van der Waals surface area contributed by atoms with Gasteiger partial charge in [-0.15, -0.1) is 10.2 Å². The van der Waals surface area contributed by atoms with Gasteiger partial charge in [-0.25, -0.2) is 0 Å². The van der Waals surface area contributed by atoms with Crippen LogP contribution in [0.5, 0.6) is 5.75 Å². The summed E-state index contributed by atoms with van der Waals surface area (Å²) < 4.78 is 0. The predicted octanol–water partition coefficient (Wildman–Crippen LogP) is 3.42. The summed E-state index contributed by atoms with van der Waals surface area (Å²) in [6.07, 6.45) is 0. The fraction of sp³-hybridized carbons (Fsp3) is 0.250. The van der Waals surface area contributed by atoms with E-state index in [1.165, 1.54) is 0 Å². The van der Waals surface area contributed by atoms with Gasteiger partial charge in [0.05, 0.1) is 5.69 Å². The lowest BCUT2D eigenvalue weighted by Gasteiger charge is -2.20. The summed E-state index contributed by atoms with van der Waals surface area (Å²) >= 11 is 0. The molecule has 0 aliphatic heterocycles. The molecule has 3 rings (SSSR count). The minimum Gasteiger partial charge on any atom is -0.508 e. The number of hydrogen-bond acceptors (Lipinski definition) is 3. The molecule has 1 heterocycles. The SMILES string of the molecule is CC(C)(C)c1cc(-n2nc3ccccc3n2)ccc1O. The molecule has 0 radical (unpaired) electrons. The van der Waals surface area contributed by atoms with Gasteiger partial charge in [-0.05, 0) is 35.7 Å².